The molecule has 0 atom stereocenters. The molecule has 31 heavy (non-hydrogen) atoms. The molecule has 0 spiro atoms. The summed E-state index contributed by atoms with van der Waals surface area (Å²) in [6, 6.07) is 18.6. The lowest BCUT2D eigenvalue weighted by atomic mass is 10.0. The highest BCUT2D eigenvalue weighted by molar-refractivity contribution is 6.48. The molecule has 2 aromatic heterocycles. The van der Waals surface area contributed by atoms with Gasteiger partial charge >= 0.3 is 6.18 Å². The Morgan fingerprint density at radius 3 is 2.32 bits per heavy atom. The third-order valence-corrected chi connectivity index (χ3v) is 5.06. The van der Waals surface area contributed by atoms with Crippen LogP contribution in [0.3, 0.4) is 0 Å². The number of fused-ring (bicyclic) bond motifs is 1. The van der Waals surface area contributed by atoms with E-state index in [4.69, 9.17) is 11.6 Å². The summed E-state index contributed by atoms with van der Waals surface area (Å²) < 4.78 is 40.6. The van der Waals surface area contributed by atoms with Crippen molar-refractivity contribution in [1.29, 1.82) is 0 Å². The van der Waals surface area contributed by atoms with Crippen molar-refractivity contribution in [2.24, 2.45) is 0 Å². The van der Waals surface area contributed by atoms with Crippen LogP contribution >= 0.6 is 11.6 Å². The van der Waals surface area contributed by atoms with Crippen LogP contribution in [-0.4, -0.2) is 16.1 Å². The number of nitrogens with zero attached hydrogens (tertiary/aromatic N) is 1. The molecule has 1 amide bonds. The number of anilines is 1. The van der Waals surface area contributed by atoms with E-state index in [0.29, 0.717) is 17.1 Å². The Labute approximate surface area is 179 Å². The molecule has 0 unspecified atom stereocenters. The van der Waals surface area contributed by atoms with E-state index in [0.717, 1.165) is 17.7 Å². The zero-order valence-electron chi connectivity index (χ0n) is 15.8. The molecule has 0 fully saturated rings. The summed E-state index contributed by atoms with van der Waals surface area (Å²) in [7, 11) is 0. The number of ketones is 1. The highest BCUT2D eigenvalue weighted by atomic mass is 35.5. The molecule has 0 radical (unpaired) electrons. The third kappa shape index (κ3) is 4.04. The van der Waals surface area contributed by atoms with Gasteiger partial charge in [-0.05, 0) is 42.0 Å². The lowest BCUT2D eigenvalue weighted by Crippen LogP contribution is -2.25. The third-order valence-electron chi connectivity index (χ3n) is 4.73. The fraction of sp³-hybridized carbons (Fsp3) is 0.0435. The molecule has 0 aliphatic heterocycles. The van der Waals surface area contributed by atoms with E-state index >= 15 is 0 Å². The summed E-state index contributed by atoms with van der Waals surface area (Å²) in [6.07, 6.45) is -2.98. The Bertz CT molecular complexity index is 1300. The predicted octanol–water partition coefficient (Wildman–Crippen LogP) is 6.10. The maximum absolute atomic E-state index is 13.1. The minimum atomic E-state index is -4.62. The van der Waals surface area contributed by atoms with Gasteiger partial charge < -0.3 is 9.72 Å². The van der Waals surface area contributed by atoms with Gasteiger partial charge in [-0.25, -0.2) is 0 Å². The zero-order valence-corrected chi connectivity index (χ0v) is 16.5. The summed E-state index contributed by atoms with van der Waals surface area (Å²) >= 11 is 5.94. The Kier molecular flexibility index (Phi) is 5.29. The zero-order chi connectivity index (χ0) is 22.2. The SMILES string of the molecule is O=C(Nc1cc(C(F)(F)F)ccc1Cl)C(=O)c1c(-c2ccccc2)cc2ccccn12. The number of halogens is 4. The average molecular weight is 443 g/mol. The summed E-state index contributed by atoms with van der Waals surface area (Å²) in [5.41, 5.74) is 0.758. The van der Waals surface area contributed by atoms with Gasteiger partial charge in [0, 0.05) is 17.3 Å². The number of pyridine rings is 1. The fourth-order valence-electron chi connectivity index (χ4n) is 3.28. The van der Waals surface area contributed by atoms with Crippen molar-refractivity contribution in [3.05, 3.63) is 95.3 Å². The quantitative estimate of drug-likeness (QED) is 0.306. The number of carbonyl (C=O) groups excluding carboxylic acids is 2. The molecule has 0 aliphatic carbocycles. The first-order valence-electron chi connectivity index (χ1n) is 9.13. The molecule has 156 valence electrons. The van der Waals surface area contributed by atoms with Crippen LogP contribution in [0.4, 0.5) is 18.9 Å². The van der Waals surface area contributed by atoms with Gasteiger partial charge in [-0.15, -0.1) is 0 Å². The number of benzene rings is 2. The smallest absolute Gasteiger partial charge is 0.318 e. The first-order chi connectivity index (χ1) is 14.8. The van der Waals surface area contributed by atoms with Crippen LogP contribution in [0.1, 0.15) is 16.1 Å². The van der Waals surface area contributed by atoms with Crippen LogP contribution < -0.4 is 5.32 Å². The van der Waals surface area contributed by atoms with Crippen LogP contribution in [0.15, 0.2) is 79.0 Å². The van der Waals surface area contributed by atoms with E-state index in [9.17, 15) is 22.8 Å². The van der Waals surface area contributed by atoms with E-state index in [-0.39, 0.29) is 16.4 Å². The number of amides is 1. The molecule has 2 heterocycles. The van der Waals surface area contributed by atoms with Gasteiger partial charge in [0.1, 0.15) is 5.69 Å². The second-order valence-electron chi connectivity index (χ2n) is 6.74. The second kappa shape index (κ2) is 7.92. The number of alkyl halides is 3. The number of Topliss-reactive ketones (excluding diaryl/α,β-unsaturated/α-hetero) is 1. The first-order valence-corrected chi connectivity index (χ1v) is 9.51. The lowest BCUT2D eigenvalue weighted by Gasteiger charge is -2.12. The Morgan fingerprint density at radius 2 is 1.61 bits per heavy atom. The van der Waals surface area contributed by atoms with E-state index < -0.39 is 23.4 Å². The molecule has 2 aromatic carbocycles. The van der Waals surface area contributed by atoms with Gasteiger partial charge in [-0.3, -0.25) is 9.59 Å². The maximum Gasteiger partial charge on any atom is 0.416 e. The van der Waals surface area contributed by atoms with Crippen LogP contribution in [0, 0.1) is 0 Å². The molecule has 0 aliphatic rings. The molecular weight excluding hydrogens is 429 g/mol. The maximum atomic E-state index is 13.1. The monoisotopic (exact) mass is 442 g/mol. The largest absolute Gasteiger partial charge is 0.416 e. The van der Waals surface area contributed by atoms with Crippen molar-refractivity contribution in [1.82, 2.24) is 4.40 Å². The molecular formula is C23H14ClF3N2O2. The minimum absolute atomic E-state index is 0.0994. The number of rotatable bonds is 4. The highest BCUT2D eigenvalue weighted by Gasteiger charge is 2.32. The number of hydrogen-bond donors (Lipinski definition) is 1. The summed E-state index contributed by atoms with van der Waals surface area (Å²) in [5, 5.41) is 2.11. The van der Waals surface area contributed by atoms with Crippen molar-refractivity contribution in [3.63, 3.8) is 0 Å². The van der Waals surface area contributed by atoms with E-state index in [2.05, 4.69) is 5.32 Å². The summed E-state index contributed by atoms with van der Waals surface area (Å²) in [4.78, 5) is 25.9. The van der Waals surface area contributed by atoms with Gasteiger partial charge in [0.25, 0.3) is 11.7 Å². The van der Waals surface area contributed by atoms with Crippen LogP contribution in [0.5, 0.6) is 0 Å². The molecule has 8 heteroatoms. The minimum Gasteiger partial charge on any atom is -0.318 e. The summed E-state index contributed by atoms with van der Waals surface area (Å²) in [5.74, 6) is -2.00. The van der Waals surface area contributed by atoms with Crippen molar-refractivity contribution >= 4 is 34.5 Å². The lowest BCUT2D eigenvalue weighted by molar-refractivity contribution is -0.137. The van der Waals surface area contributed by atoms with Crippen LogP contribution in [0.2, 0.25) is 5.02 Å². The summed E-state index contributed by atoms with van der Waals surface area (Å²) in [6.45, 7) is 0. The fourth-order valence-corrected chi connectivity index (χ4v) is 3.44. The molecule has 4 nitrogen and oxygen atoms in total. The number of nitrogens with one attached hydrogen (secondary N) is 1. The topological polar surface area (TPSA) is 50.6 Å². The van der Waals surface area contributed by atoms with Crippen molar-refractivity contribution in [3.8, 4) is 11.1 Å². The molecule has 4 rings (SSSR count). The van der Waals surface area contributed by atoms with E-state index in [1.165, 1.54) is 0 Å². The molecule has 4 aromatic rings. The molecule has 0 saturated carbocycles. The number of aromatic nitrogens is 1. The van der Waals surface area contributed by atoms with Gasteiger partial charge in [0.15, 0.2) is 0 Å². The van der Waals surface area contributed by atoms with Crippen molar-refractivity contribution < 1.29 is 22.8 Å². The van der Waals surface area contributed by atoms with Crippen LogP contribution in [-0.2, 0) is 11.0 Å². The van der Waals surface area contributed by atoms with Gasteiger partial charge in [0.2, 0.25) is 0 Å². The van der Waals surface area contributed by atoms with Gasteiger partial charge in [-0.1, -0.05) is 48.0 Å². The van der Waals surface area contributed by atoms with Crippen LogP contribution in [0.25, 0.3) is 16.6 Å². The first kappa shape index (κ1) is 20.7. The number of hydrogen-bond acceptors (Lipinski definition) is 2. The Morgan fingerprint density at radius 1 is 0.903 bits per heavy atom. The number of carbonyl (C=O) groups is 2. The van der Waals surface area contributed by atoms with E-state index in [1.54, 1.807) is 59.1 Å². The Hall–Kier alpha value is -3.58. The Balaban J connectivity index is 1.75. The predicted molar refractivity (Wildman–Crippen MR) is 112 cm³/mol. The van der Waals surface area contributed by atoms with Crippen molar-refractivity contribution in [2.45, 2.75) is 6.18 Å². The average Bonchev–Trinajstić information content (AvgIpc) is 3.14. The highest BCUT2D eigenvalue weighted by Crippen LogP contribution is 2.34. The standard InChI is InChI=1S/C23H14ClF3N2O2/c24-18-10-9-15(23(25,26)27)12-19(18)28-22(31)21(30)20-17(14-6-2-1-3-7-14)13-16-8-4-5-11-29(16)20/h1-13H,(H,28,31). The van der Waals surface area contributed by atoms with Crippen molar-refractivity contribution in [2.75, 3.05) is 5.32 Å². The van der Waals surface area contributed by atoms with E-state index in [1.807, 2.05) is 6.07 Å². The molecule has 0 saturated heterocycles. The second-order valence-corrected chi connectivity index (χ2v) is 7.15. The molecule has 1 N–H and O–H groups in total. The molecule has 0 bridgehead atoms. The van der Waals surface area contributed by atoms with Gasteiger partial charge in [-0.2, -0.15) is 13.2 Å². The normalized spacial score (nSPS) is 11.5. The van der Waals surface area contributed by atoms with Gasteiger partial charge in [0.05, 0.1) is 16.3 Å².